The molecule has 0 bridgehead atoms. The molecule has 1 fully saturated rings. The normalized spacial score (nSPS) is 24.0. The first-order valence-electron chi connectivity index (χ1n) is 8.03. The van der Waals surface area contributed by atoms with Gasteiger partial charge < -0.3 is 5.32 Å². The molecular formula is C17H28BrN3. The molecule has 0 aliphatic carbocycles. The molecule has 1 aromatic rings. The standard InChI is InChI=1S/C17H28BrN3/c1-12(2)7-16-11-21(17(9-20-16)13(3)4)10-15-6-5-14(18)8-19-15/h5-6,8,12-13,16-17,20H,7,9-11H2,1-4H3. The number of aromatic nitrogens is 1. The van der Waals surface area contributed by atoms with E-state index in [9.17, 15) is 0 Å². The third-order valence-electron chi connectivity index (χ3n) is 4.22. The lowest BCUT2D eigenvalue weighted by Gasteiger charge is -2.42. The van der Waals surface area contributed by atoms with E-state index in [1.807, 2.05) is 6.20 Å². The molecular weight excluding hydrogens is 326 g/mol. The van der Waals surface area contributed by atoms with Crippen LogP contribution in [0.2, 0.25) is 0 Å². The van der Waals surface area contributed by atoms with Gasteiger partial charge in [-0.25, -0.2) is 0 Å². The Morgan fingerprint density at radius 3 is 2.67 bits per heavy atom. The molecule has 2 unspecified atom stereocenters. The van der Waals surface area contributed by atoms with Crippen LogP contribution in [-0.2, 0) is 6.54 Å². The van der Waals surface area contributed by atoms with E-state index in [4.69, 9.17) is 0 Å². The minimum atomic E-state index is 0.596. The molecule has 0 spiro atoms. The van der Waals surface area contributed by atoms with Crippen LogP contribution in [0.15, 0.2) is 22.8 Å². The van der Waals surface area contributed by atoms with Crippen LogP contribution in [-0.4, -0.2) is 35.1 Å². The summed E-state index contributed by atoms with van der Waals surface area (Å²) in [6, 6.07) is 5.41. The van der Waals surface area contributed by atoms with E-state index in [0.29, 0.717) is 18.0 Å². The molecule has 2 atom stereocenters. The number of nitrogens with one attached hydrogen (secondary N) is 1. The summed E-state index contributed by atoms with van der Waals surface area (Å²) in [5, 5.41) is 3.74. The third-order valence-corrected chi connectivity index (χ3v) is 4.69. The molecule has 21 heavy (non-hydrogen) atoms. The molecule has 0 aromatic carbocycles. The van der Waals surface area contributed by atoms with E-state index in [1.165, 1.54) is 6.42 Å². The van der Waals surface area contributed by atoms with Crippen molar-refractivity contribution < 1.29 is 0 Å². The van der Waals surface area contributed by atoms with Crippen molar-refractivity contribution in [1.29, 1.82) is 0 Å². The summed E-state index contributed by atoms with van der Waals surface area (Å²) in [6.07, 6.45) is 3.14. The lowest BCUT2D eigenvalue weighted by Crippen LogP contribution is -2.58. The molecule has 2 heterocycles. The molecule has 118 valence electrons. The number of hydrogen-bond donors (Lipinski definition) is 1. The van der Waals surface area contributed by atoms with Crippen LogP contribution in [0.4, 0.5) is 0 Å². The Hall–Kier alpha value is -0.450. The van der Waals surface area contributed by atoms with E-state index in [2.05, 4.69) is 71.0 Å². The topological polar surface area (TPSA) is 28.2 Å². The summed E-state index contributed by atoms with van der Waals surface area (Å²) >= 11 is 3.46. The Labute approximate surface area is 137 Å². The van der Waals surface area contributed by atoms with Crippen molar-refractivity contribution in [2.24, 2.45) is 11.8 Å². The fourth-order valence-electron chi connectivity index (χ4n) is 3.17. The maximum absolute atomic E-state index is 4.54. The highest BCUT2D eigenvalue weighted by Gasteiger charge is 2.30. The Bertz CT molecular complexity index is 430. The van der Waals surface area contributed by atoms with Gasteiger partial charge in [-0.2, -0.15) is 0 Å². The van der Waals surface area contributed by atoms with Crippen molar-refractivity contribution in [3.8, 4) is 0 Å². The fourth-order valence-corrected chi connectivity index (χ4v) is 3.41. The van der Waals surface area contributed by atoms with E-state index >= 15 is 0 Å². The number of hydrogen-bond acceptors (Lipinski definition) is 3. The second-order valence-electron chi connectivity index (χ2n) is 6.94. The van der Waals surface area contributed by atoms with Gasteiger partial charge in [-0.15, -0.1) is 0 Å². The van der Waals surface area contributed by atoms with Gasteiger partial charge in [-0.05, 0) is 46.3 Å². The maximum atomic E-state index is 4.54. The minimum Gasteiger partial charge on any atom is -0.311 e. The highest BCUT2D eigenvalue weighted by molar-refractivity contribution is 9.10. The van der Waals surface area contributed by atoms with E-state index in [-0.39, 0.29) is 0 Å². The van der Waals surface area contributed by atoms with Crippen molar-refractivity contribution in [2.45, 2.75) is 52.7 Å². The Balaban J connectivity index is 2.04. The lowest BCUT2D eigenvalue weighted by molar-refractivity contribution is 0.0840. The number of halogens is 1. The highest BCUT2D eigenvalue weighted by Crippen LogP contribution is 2.20. The average Bonchev–Trinajstić information content (AvgIpc) is 2.40. The smallest absolute Gasteiger partial charge is 0.0544 e. The molecule has 1 saturated heterocycles. The van der Waals surface area contributed by atoms with Crippen LogP contribution in [0.3, 0.4) is 0 Å². The molecule has 2 rings (SSSR count). The van der Waals surface area contributed by atoms with E-state index in [0.717, 1.165) is 35.7 Å². The molecule has 1 aromatic heterocycles. The lowest BCUT2D eigenvalue weighted by atomic mass is 9.95. The minimum absolute atomic E-state index is 0.596. The van der Waals surface area contributed by atoms with Crippen LogP contribution in [0.25, 0.3) is 0 Å². The molecule has 1 N–H and O–H groups in total. The summed E-state index contributed by atoms with van der Waals surface area (Å²) in [5.41, 5.74) is 1.16. The Morgan fingerprint density at radius 2 is 2.10 bits per heavy atom. The first-order valence-corrected chi connectivity index (χ1v) is 8.83. The van der Waals surface area contributed by atoms with Crippen LogP contribution in [0.1, 0.15) is 39.8 Å². The summed E-state index contributed by atoms with van der Waals surface area (Å²) < 4.78 is 1.05. The van der Waals surface area contributed by atoms with Gasteiger partial charge in [0, 0.05) is 42.4 Å². The predicted molar refractivity (Wildman–Crippen MR) is 92.2 cm³/mol. The Kier molecular flexibility index (Phi) is 6.20. The van der Waals surface area contributed by atoms with Crippen molar-refractivity contribution >= 4 is 15.9 Å². The number of pyridine rings is 1. The van der Waals surface area contributed by atoms with Gasteiger partial charge in [0.2, 0.25) is 0 Å². The van der Waals surface area contributed by atoms with Gasteiger partial charge in [0.25, 0.3) is 0 Å². The third kappa shape index (κ3) is 5.04. The van der Waals surface area contributed by atoms with Crippen molar-refractivity contribution in [2.75, 3.05) is 13.1 Å². The number of piperazine rings is 1. The second kappa shape index (κ2) is 7.70. The van der Waals surface area contributed by atoms with Crippen molar-refractivity contribution in [3.63, 3.8) is 0 Å². The van der Waals surface area contributed by atoms with Gasteiger partial charge in [0.05, 0.1) is 5.69 Å². The van der Waals surface area contributed by atoms with Crippen LogP contribution in [0.5, 0.6) is 0 Å². The van der Waals surface area contributed by atoms with E-state index < -0.39 is 0 Å². The van der Waals surface area contributed by atoms with Gasteiger partial charge in [0.15, 0.2) is 0 Å². The first-order chi connectivity index (χ1) is 9.95. The van der Waals surface area contributed by atoms with Gasteiger partial charge in [-0.3, -0.25) is 9.88 Å². The zero-order valence-corrected chi connectivity index (χ0v) is 15.2. The van der Waals surface area contributed by atoms with Gasteiger partial charge >= 0.3 is 0 Å². The van der Waals surface area contributed by atoms with Crippen LogP contribution >= 0.6 is 15.9 Å². The van der Waals surface area contributed by atoms with Crippen LogP contribution in [0, 0.1) is 11.8 Å². The summed E-state index contributed by atoms with van der Waals surface area (Å²) in [5.74, 6) is 1.40. The number of nitrogens with zero attached hydrogens (tertiary/aromatic N) is 2. The largest absolute Gasteiger partial charge is 0.311 e. The van der Waals surface area contributed by atoms with Crippen molar-refractivity contribution in [1.82, 2.24) is 15.2 Å². The zero-order valence-electron chi connectivity index (χ0n) is 13.6. The quantitative estimate of drug-likeness (QED) is 0.874. The summed E-state index contributed by atoms with van der Waals surface area (Å²) in [6.45, 7) is 12.4. The molecule has 0 amide bonds. The highest BCUT2D eigenvalue weighted by atomic mass is 79.9. The Morgan fingerprint density at radius 1 is 1.33 bits per heavy atom. The number of rotatable bonds is 5. The zero-order chi connectivity index (χ0) is 15.4. The molecule has 1 aliphatic rings. The summed E-state index contributed by atoms with van der Waals surface area (Å²) in [4.78, 5) is 7.16. The SMILES string of the molecule is CC(C)CC1CN(Cc2ccc(Br)cn2)C(C(C)C)CN1. The molecule has 0 radical (unpaired) electrons. The maximum Gasteiger partial charge on any atom is 0.0544 e. The molecule has 4 heteroatoms. The average molecular weight is 354 g/mol. The van der Waals surface area contributed by atoms with Crippen molar-refractivity contribution in [3.05, 3.63) is 28.5 Å². The van der Waals surface area contributed by atoms with Crippen LogP contribution < -0.4 is 5.32 Å². The molecule has 0 saturated carbocycles. The van der Waals surface area contributed by atoms with Gasteiger partial charge in [-0.1, -0.05) is 27.7 Å². The van der Waals surface area contributed by atoms with Gasteiger partial charge in [0.1, 0.15) is 0 Å². The second-order valence-corrected chi connectivity index (χ2v) is 7.86. The van der Waals surface area contributed by atoms with E-state index in [1.54, 1.807) is 0 Å². The fraction of sp³-hybridized carbons (Fsp3) is 0.706. The predicted octanol–water partition coefficient (Wildman–Crippen LogP) is 3.69. The molecule has 1 aliphatic heterocycles. The summed E-state index contributed by atoms with van der Waals surface area (Å²) in [7, 11) is 0. The molecule has 3 nitrogen and oxygen atoms in total. The first kappa shape index (κ1) is 16.9. The monoisotopic (exact) mass is 353 g/mol.